The predicted molar refractivity (Wildman–Crippen MR) is 121 cm³/mol. The normalized spacial score (nSPS) is 15.6. The van der Waals surface area contributed by atoms with E-state index in [4.69, 9.17) is 9.47 Å². The zero-order chi connectivity index (χ0) is 20.5. The van der Waals surface area contributed by atoms with Crippen LogP contribution in [-0.4, -0.2) is 50.9 Å². The summed E-state index contributed by atoms with van der Waals surface area (Å²) in [4.78, 5) is 5.06. The molecule has 0 aromatic heterocycles. The monoisotopic (exact) mass is 396 g/mol. The molecule has 1 unspecified atom stereocenters. The Morgan fingerprint density at radius 1 is 0.931 bits per heavy atom. The van der Waals surface area contributed by atoms with E-state index in [1.54, 1.807) is 7.11 Å². The van der Waals surface area contributed by atoms with Gasteiger partial charge in [0.1, 0.15) is 5.75 Å². The van der Waals surface area contributed by atoms with Gasteiger partial charge in [0.15, 0.2) is 0 Å². The maximum atomic E-state index is 6.11. The number of likely N-dealkylation sites (tertiary alicyclic amines) is 1. The van der Waals surface area contributed by atoms with Crippen molar-refractivity contribution in [3.8, 4) is 5.75 Å². The Hall–Kier alpha value is -2.04. The summed E-state index contributed by atoms with van der Waals surface area (Å²) in [5.74, 6) is 1.48. The van der Waals surface area contributed by atoms with Crippen LogP contribution in [0.5, 0.6) is 5.75 Å². The van der Waals surface area contributed by atoms with Gasteiger partial charge in [-0.1, -0.05) is 56.3 Å². The van der Waals surface area contributed by atoms with E-state index in [1.165, 1.54) is 31.5 Å². The van der Waals surface area contributed by atoms with Crippen molar-refractivity contribution in [2.24, 2.45) is 5.92 Å². The van der Waals surface area contributed by atoms with Crippen LogP contribution in [0.15, 0.2) is 54.6 Å². The van der Waals surface area contributed by atoms with Crippen LogP contribution in [0.2, 0.25) is 0 Å². The molecule has 4 heteroatoms. The van der Waals surface area contributed by atoms with Gasteiger partial charge in [-0.3, -0.25) is 4.90 Å². The fraction of sp³-hybridized carbons (Fsp3) is 0.520. The summed E-state index contributed by atoms with van der Waals surface area (Å²) in [7, 11) is 1.75. The van der Waals surface area contributed by atoms with E-state index in [2.05, 4.69) is 66.1 Å². The number of para-hydroxylation sites is 2. The van der Waals surface area contributed by atoms with Gasteiger partial charge >= 0.3 is 0 Å². The Kier molecular flexibility index (Phi) is 8.38. The molecule has 0 aliphatic carbocycles. The molecule has 0 spiro atoms. The lowest BCUT2D eigenvalue weighted by molar-refractivity contribution is 0.0567. The molecule has 0 radical (unpaired) electrons. The maximum absolute atomic E-state index is 6.11. The number of ether oxygens (including phenoxy) is 2. The van der Waals surface area contributed by atoms with Gasteiger partial charge < -0.3 is 14.4 Å². The molecule has 1 aliphatic rings. The van der Waals surface area contributed by atoms with Gasteiger partial charge in [0.05, 0.1) is 25.4 Å². The Balaban J connectivity index is 1.82. The predicted octanol–water partition coefficient (Wildman–Crippen LogP) is 4.84. The molecular formula is C25H36N2O2. The van der Waals surface area contributed by atoms with E-state index < -0.39 is 0 Å². The lowest BCUT2D eigenvalue weighted by Crippen LogP contribution is -2.45. The highest BCUT2D eigenvalue weighted by molar-refractivity contribution is 5.58. The molecule has 2 aromatic rings. The Morgan fingerprint density at radius 3 is 2.31 bits per heavy atom. The molecule has 1 aliphatic heterocycles. The Labute approximate surface area is 176 Å². The van der Waals surface area contributed by atoms with Crippen molar-refractivity contribution < 1.29 is 9.47 Å². The molecule has 29 heavy (non-hydrogen) atoms. The smallest absolute Gasteiger partial charge is 0.142 e. The largest absolute Gasteiger partial charge is 0.495 e. The first kappa shape index (κ1) is 21.7. The lowest BCUT2D eigenvalue weighted by Gasteiger charge is -2.35. The summed E-state index contributed by atoms with van der Waals surface area (Å²) < 4.78 is 11.8. The molecule has 158 valence electrons. The molecule has 3 rings (SSSR count). The van der Waals surface area contributed by atoms with Gasteiger partial charge in [0, 0.05) is 19.7 Å². The molecule has 0 saturated carbocycles. The average Bonchev–Trinajstić information content (AvgIpc) is 3.27. The third-order valence-electron chi connectivity index (χ3n) is 5.49. The quantitative estimate of drug-likeness (QED) is 0.543. The van der Waals surface area contributed by atoms with E-state index in [-0.39, 0.29) is 0 Å². The van der Waals surface area contributed by atoms with Crippen molar-refractivity contribution in [2.75, 3.05) is 44.9 Å². The van der Waals surface area contributed by atoms with Gasteiger partial charge in [-0.05, 0) is 49.5 Å². The molecule has 1 atom stereocenters. The van der Waals surface area contributed by atoms with E-state index in [1.807, 2.05) is 12.1 Å². The molecule has 1 saturated heterocycles. The van der Waals surface area contributed by atoms with Crippen LogP contribution in [0.3, 0.4) is 0 Å². The van der Waals surface area contributed by atoms with Gasteiger partial charge in [-0.15, -0.1) is 0 Å². The number of rotatable bonds is 11. The lowest BCUT2D eigenvalue weighted by atomic mass is 10.1. The fourth-order valence-corrected chi connectivity index (χ4v) is 4.02. The van der Waals surface area contributed by atoms with Gasteiger partial charge in [-0.25, -0.2) is 0 Å². The average molecular weight is 397 g/mol. The summed E-state index contributed by atoms with van der Waals surface area (Å²) in [5.41, 5.74) is 2.45. The second-order valence-electron chi connectivity index (χ2n) is 8.37. The minimum Gasteiger partial charge on any atom is -0.495 e. The van der Waals surface area contributed by atoms with Crippen LogP contribution < -0.4 is 9.64 Å². The fourth-order valence-electron chi connectivity index (χ4n) is 4.02. The van der Waals surface area contributed by atoms with Crippen LogP contribution in [0.4, 0.5) is 5.69 Å². The van der Waals surface area contributed by atoms with Crippen LogP contribution >= 0.6 is 0 Å². The van der Waals surface area contributed by atoms with Crippen molar-refractivity contribution in [1.82, 2.24) is 4.90 Å². The van der Waals surface area contributed by atoms with Crippen molar-refractivity contribution in [3.63, 3.8) is 0 Å². The highest BCUT2D eigenvalue weighted by Crippen LogP contribution is 2.30. The van der Waals surface area contributed by atoms with Gasteiger partial charge in [0.25, 0.3) is 0 Å². The molecule has 0 bridgehead atoms. The first-order chi connectivity index (χ1) is 14.2. The second kappa shape index (κ2) is 11.2. The molecule has 1 fully saturated rings. The number of nitrogens with zero attached hydrogens (tertiary/aromatic N) is 2. The van der Waals surface area contributed by atoms with Gasteiger partial charge in [-0.2, -0.15) is 0 Å². The van der Waals surface area contributed by atoms with E-state index in [0.29, 0.717) is 12.0 Å². The SMILES string of the molecule is COc1ccccc1N(Cc1ccccc1)CC(COCC(C)C)N1CCCC1. The minimum absolute atomic E-state index is 0.380. The first-order valence-electron chi connectivity index (χ1n) is 10.9. The van der Waals surface area contributed by atoms with Gasteiger partial charge in [0.2, 0.25) is 0 Å². The maximum Gasteiger partial charge on any atom is 0.142 e. The molecule has 4 nitrogen and oxygen atoms in total. The summed E-state index contributed by atoms with van der Waals surface area (Å²) >= 11 is 0. The van der Waals surface area contributed by atoms with Crippen LogP contribution in [-0.2, 0) is 11.3 Å². The van der Waals surface area contributed by atoms with Crippen molar-refractivity contribution in [3.05, 3.63) is 60.2 Å². The summed E-state index contributed by atoms with van der Waals surface area (Å²) in [6.07, 6.45) is 2.57. The van der Waals surface area contributed by atoms with Crippen LogP contribution in [0, 0.1) is 5.92 Å². The third-order valence-corrected chi connectivity index (χ3v) is 5.49. The molecule has 1 heterocycles. The molecule has 0 amide bonds. The molecule has 2 aromatic carbocycles. The van der Waals surface area contributed by atoms with Crippen LogP contribution in [0.1, 0.15) is 32.3 Å². The van der Waals surface area contributed by atoms with Crippen LogP contribution in [0.25, 0.3) is 0 Å². The number of methoxy groups -OCH3 is 1. The zero-order valence-corrected chi connectivity index (χ0v) is 18.2. The highest BCUT2D eigenvalue weighted by atomic mass is 16.5. The number of benzene rings is 2. The Bertz CT molecular complexity index is 714. The summed E-state index contributed by atoms with van der Waals surface area (Å²) in [6, 6.07) is 19.4. The van der Waals surface area contributed by atoms with Crippen molar-refractivity contribution in [1.29, 1.82) is 0 Å². The zero-order valence-electron chi connectivity index (χ0n) is 18.2. The van der Waals surface area contributed by atoms with E-state index in [0.717, 1.165) is 37.7 Å². The standard InChI is InChI=1S/C25H36N2O2/c1-21(2)19-29-20-23(26-15-9-10-16-26)18-27(17-22-11-5-4-6-12-22)24-13-7-8-14-25(24)28-3/h4-8,11-14,21,23H,9-10,15-20H2,1-3H3. The summed E-state index contributed by atoms with van der Waals surface area (Å²) in [5, 5.41) is 0. The number of hydrogen-bond donors (Lipinski definition) is 0. The second-order valence-corrected chi connectivity index (χ2v) is 8.37. The van der Waals surface area contributed by atoms with Crippen molar-refractivity contribution >= 4 is 5.69 Å². The van der Waals surface area contributed by atoms with E-state index >= 15 is 0 Å². The topological polar surface area (TPSA) is 24.9 Å². The molecular weight excluding hydrogens is 360 g/mol. The van der Waals surface area contributed by atoms with Crippen molar-refractivity contribution in [2.45, 2.75) is 39.3 Å². The highest BCUT2D eigenvalue weighted by Gasteiger charge is 2.26. The minimum atomic E-state index is 0.380. The first-order valence-corrected chi connectivity index (χ1v) is 10.9. The van der Waals surface area contributed by atoms with E-state index in [9.17, 15) is 0 Å². The Morgan fingerprint density at radius 2 is 1.62 bits per heavy atom. The molecule has 0 N–H and O–H groups in total. The third kappa shape index (κ3) is 6.48. The number of hydrogen-bond acceptors (Lipinski definition) is 4. The number of anilines is 1. The summed E-state index contributed by atoms with van der Waals surface area (Å²) in [6.45, 7) is 10.1.